The van der Waals surface area contributed by atoms with Crippen molar-refractivity contribution in [3.63, 3.8) is 0 Å². The van der Waals surface area contributed by atoms with Crippen LogP contribution >= 0.6 is 0 Å². The molecule has 0 bridgehead atoms. The van der Waals surface area contributed by atoms with Gasteiger partial charge >= 0.3 is 5.69 Å². The molecule has 9 heteroatoms. The molecule has 0 aliphatic carbocycles. The maximum absolute atomic E-state index is 12.3. The highest BCUT2D eigenvalue weighted by atomic mass is 16.5. The van der Waals surface area contributed by atoms with Gasteiger partial charge in [-0.3, -0.25) is 0 Å². The van der Waals surface area contributed by atoms with Crippen molar-refractivity contribution in [3.05, 3.63) is 75.8 Å². The van der Waals surface area contributed by atoms with E-state index in [2.05, 4.69) is 43.4 Å². The zero-order valence-electron chi connectivity index (χ0n) is 19.5. The van der Waals surface area contributed by atoms with Crippen molar-refractivity contribution in [2.75, 3.05) is 0 Å². The van der Waals surface area contributed by atoms with E-state index in [1.165, 1.54) is 14.9 Å². The van der Waals surface area contributed by atoms with Crippen molar-refractivity contribution < 1.29 is 4.74 Å². The molecule has 170 valence electrons. The molecule has 4 rings (SSSR count). The van der Waals surface area contributed by atoms with Gasteiger partial charge in [0.1, 0.15) is 6.61 Å². The Labute approximate surface area is 191 Å². The zero-order valence-corrected chi connectivity index (χ0v) is 19.5. The number of ether oxygens (including phenoxy) is 1. The normalized spacial score (nSPS) is 12.5. The minimum absolute atomic E-state index is 0.238. The molecule has 9 nitrogen and oxygen atoms in total. The minimum atomic E-state index is -0.318. The largest absolute Gasteiger partial charge is 0.475 e. The Morgan fingerprint density at radius 2 is 1.91 bits per heavy atom. The lowest BCUT2D eigenvalue weighted by Crippen LogP contribution is -2.23. The molecule has 0 saturated carbocycles. The number of fused-ring (bicyclic) bond motifs is 1. The average molecular weight is 446 g/mol. The van der Waals surface area contributed by atoms with Crippen LogP contribution in [-0.2, 0) is 25.4 Å². The number of hydrogen-bond acceptors (Lipinski definition) is 6. The summed E-state index contributed by atoms with van der Waals surface area (Å²) in [5, 5.41) is 17.7. The molecule has 2 aromatic carbocycles. The van der Waals surface area contributed by atoms with Crippen molar-refractivity contribution in [1.82, 2.24) is 24.4 Å². The summed E-state index contributed by atoms with van der Waals surface area (Å²) in [7, 11) is 3.59. The van der Waals surface area contributed by atoms with Gasteiger partial charge in [0.2, 0.25) is 5.90 Å². The smallest absolute Gasteiger partial charge is 0.368 e. The fourth-order valence-corrected chi connectivity index (χ4v) is 3.59. The Morgan fingerprint density at radius 1 is 1.09 bits per heavy atom. The molecule has 33 heavy (non-hydrogen) atoms. The van der Waals surface area contributed by atoms with Crippen LogP contribution in [-0.4, -0.2) is 36.0 Å². The van der Waals surface area contributed by atoms with Crippen LogP contribution in [0.2, 0.25) is 0 Å². The Hall–Kier alpha value is -4.01. The Kier molecular flexibility index (Phi) is 6.21. The number of hydrogen-bond donors (Lipinski definition) is 0. The van der Waals surface area contributed by atoms with Gasteiger partial charge in [0, 0.05) is 43.2 Å². The highest BCUT2D eigenvalue weighted by molar-refractivity contribution is 6.01. The lowest BCUT2D eigenvalue weighted by Gasteiger charge is -2.13. The number of aryl methyl sites for hydroxylation is 3. The Bertz CT molecular complexity index is 1420. The minimum Gasteiger partial charge on any atom is -0.475 e. The fraction of sp³-hybridized carbons (Fsp3) is 0.292. The van der Waals surface area contributed by atoms with E-state index in [9.17, 15) is 4.79 Å². The van der Waals surface area contributed by atoms with Gasteiger partial charge in [0.15, 0.2) is 0 Å². The molecule has 2 aromatic heterocycles. The van der Waals surface area contributed by atoms with Crippen LogP contribution in [0.25, 0.3) is 16.6 Å². The van der Waals surface area contributed by atoms with E-state index in [0.29, 0.717) is 18.0 Å². The van der Waals surface area contributed by atoms with E-state index in [-0.39, 0.29) is 12.3 Å². The topological polar surface area (TPSA) is 91.6 Å². The molecule has 0 saturated heterocycles. The molecule has 0 aliphatic rings. The van der Waals surface area contributed by atoms with Crippen LogP contribution in [0.5, 0.6) is 0 Å². The SMILES string of the molecule is CC/C(=N\N=C(\C)c1ccc2c(ccn2C)c1)OCc1c(C)cccc1-n1nnn(C)c1=O. The van der Waals surface area contributed by atoms with E-state index >= 15 is 0 Å². The van der Waals surface area contributed by atoms with Crippen LogP contribution in [0.15, 0.2) is 63.7 Å². The van der Waals surface area contributed by atoms with Gasteiger partial charge in [0.25, 0.3) is 0 Å². The molecule has 0 atom stereocenters. The second kappa shape index (κ2) is 9.23. The molecule has 0 radical (unpaired) electrons. The summed E-state index contributed by atoms with van der Waals surface area (Å²) in [6.07, 6.45) is 2.62. The van der Waals surface area contributed by atoms with Gasteiger partial charge in [-0.15, -0.1) is 5.10 Å². The molecule has 0 unspecified atom stereocenters. The summed E-state index contributed by atoms with van der Waals surface area (Å²) in [5.41, 5.74) is 5.13. The van der Waals surface area contributed by atoms with E-state index in [1.54, 1.807) is 7.05 Å². The average Bonchev–Trinajstić information content (AvgIpc) is 3.35. The molecular formula is C24H27N7O2. The predicted octanol–water partition coefficient (Wildman–Crippen LogP) is 3.52. The third kappa shape index (κ3) is 4.48. The van der Waals surface area contributed by atoms with Gasteiger partial charge in [-0.1, -0.05) is 25.1 Å². The van der Waals surface area contributed by atoms with Crippen LogP contribution in [0.1, 0.15) is 37.0 Å². The van der Waals surface area contributed by atoms with Gasteiger partial charge in [-0.25, -0.2) is 4.79 Å². The lowest BCUT2D eigenvalue weighted by molar-refractivity contribution is 0.282. The van der Waals surface area contributed by atoms with E-state index < -0.39 is 0 Å². The van der Waals surface area contributed by atoms with Gasteiger partial charge in [-0.2, -0.15) is 14.5 Å². The number of tetrazole rings is 1. The van der Waals surface area contributed by atoms with E-state index in [1.807, 2.05) is 58.3 Å². The first-order valence-corrected chi connectivity index (χ1v) is 10.8. The molecular weight excluding hydrogens is 418 g/mol. The molecule has 0 fully saturated rings. The highest BCUT2D eigenvalue weighted by Crippen LogP contribution is 2.19. The number of rotatable bonds is 6. The predicted molar refractivity (Wildman–Crippen MR) is 129 cm³/mol. The number of nitrogens with zero attached hydrogens (tertiary/aromatic N) is 7. The highest BCUT2D eigenvalue weighted by Gasteiger charge is 2.14. The summed E-state index contributed by atoms with van der Waals surface area (Å²) in [6, 6.07) is 14.0. The quantitative estimate of drug-likeness (QED) is 0.258. The second-order valence-electron chi connectivity index (χ2n) is 7.89. The third-order valence-corrected chi connectivity index (χ3v) is 5.64. The van der Waals surface area contributed by atoms with Crippen LogP contribution in [0, 0.1) is 6.92 Å². The van der Waals surface area contributed by atoms with Crippen molar-refractivity contribution in [3.8, 4) is 5.69 Å². The molecule has 0 N–H and O–H groups in total. The van der Waals surface area contributed by atoms with Gasteiger partial charge < -0.3 is 9.30 Å². The van der Waals surface area contributed by atoms with Crippen molar-refractivity contribution >= 4 is 22.5 Å². The first-order chi connectivity index (χ1) is 15.9. The Balaban J connectivity index is 1.56. The first kappa shape index (κ1) is 22.2. The molecule has 0 aliphatic heterocycles. The second-order valence-corrected chi connectivity index (χ2v) is 7.89. The van der Waals surface area contributed by atoms with Crippen LogP contribution < -0.4 is 5.69 Å². The maximum Gasteiger partial charge on any atom is 0.368 e. The summed E-state index contributed by atoms with van der Waals surface area (Å²) < 4.78 is 10.5. The molecule has 0 spiro atoms. The first-order valence-electron chi connectivity index (χ1n) is 10.8. The van der Waals surface area contributed by atoms with Gasteiger partial charge in [0.05, 0.1) is 11.4 Å². The van der Waals surface area contributed by atoms with E-state index in [4.69, 9.17) is 4.74 Å². The standard InChI is InChI=1S/C24H27N7O2/c1-6-23(26-25-17(3)18-10-11-21-19(14-18)12-13-29(21)4)33-15-20-16(2)8-7-9-22(20)31-24(32)30(5)27-28-31/h7-14H,6,15H2,1-5H3/b25-17-,26-23+. The summed E-state index contributed by atoms with van der Waals surface area (Å²) in [6.45, 7) is 6.10. The lowest BCUT2D eigenvalue weighted by atomic mass is 10.1. The molecule has 2 heterocycles. The van der Waals surface area contributed by atoms with E-state index in [0.717, 1.165) is 27.8 Å². The zero-order chi connectivity index (χ0) is 23.5. The monoisotopic (exact) mass is 445 g/mol. The summed E-state index contributed by atoms with van der Waals surface area (Å²) >= 11 is 0. The maximum atomic E-state index is 12.3. The molecule has 0 amide bonds. The van der Waals surface area contributed by atoms with Gasteiger partial charge in [-0.05, 0) is 59.7 Å². The number of benzene rings is 2. The summed E-state index contributed by atoms with van der Waals surface area (Å²) in [5.74, 6) is 0.510. The van der Waals surface area contributed by atoms with Crippen LogP contribution in [0.4, 0.5) is 0 Å². The Morgan fingerprint density at radius 3 is 2.64 bits per heavy atom. The third-order valence-electron chi connectivity index (χ3n) is 5.64. The van der Waals surface area contributed by atoms with Crippen molar-refractivity contribution in [2.24, 2.45) is 24.3 Å². The number of aromatic nitrogens is 5. The van der Waals surface area contributed by atoms with Crippen molar-refractivity contribution in [1.29, 1.82) is 0 Å². The van der Waals surface area contributed by atoms with Crippen molar-refractivity contribution in [2.45, 2.75) is 33.8 Å². The summed E-state index contributed by atoms with van der Waals surface area (Å²) in [4.78, 5) is 12.3. The molecule has 4 aromatic rings. The van der Waals surface area contributed by atoms with Crippen LogP contribution in [0.3, 0.4) is 0 Å². The fourth-order valence-electron chi connectivity index (χ4n) is 3.59.